The Morgan fingerprint density at radius 2 is 1.88 bits per heavy atom. The Morgan fingerprint density at radius 3 is 2.31 bits per heavy atom. The van der Waals surface area contributed by atoms with Gasteiger partial charge in [0.2, 0.25) is 5.88 Å². The number of nitrogens with zero attached hydrogens (tertiary/aromatic N) is 1. The molecular formula is C7H4F6N2O. The Labute approximate surface area is 84.8 Å². The van der Waals surface area contributed by atoms with Crippen LogP contribution in [0.25, 0.3) is 0 Å². The van der Waals surface area contributed by atoms with E-state index in [9.17, 15) is 26.3 Å². The summed E-state index contributed by atoms with van der Waals surface area (Å²) in [5.74, 6) is -2.80. The van der Waals surface area contributed by atoms with E-state index >= 15 is 0 Å². The van der Waals surface area contributed by atoms with E-state index in [-0.39, 0.29) is 6.20 Å². The van der Waals surface area contributed by atoms with Crippen LogP contribution in [0.5, 0.6) is 5.88 Å². The largest absolute Gasteiger partial charge is 0.574 e. The maximum atomic E-state index is 12.7. The molecule has 0 aromatic carbocycles. The minimum Gasteiger partial charge on any atom is -0.396 e. The maximum absolute atomic E-state index is 12.7. The van der Waals surface area contributed by atoms with E-state index in [0.717, 1.165) is 0 Å². The summed E-state index contributed by atoms with van der Waals surface area (Å²) in [6.45, 7) is 0. The van der Waals surface area contributed by atoms with Crippen molar-refractivity contribution >= 4 is 5.69 Å². The molecule has 0 bridgehead atoms. The van der Waals surface area contributed by atoms with Gasteiger partial charge in [0.25, 0.3) is 6.43 Å². The number of ether oxygens (including phenoxy) is 1. The van der Waals surface area contributed by atoms with Gasteiger partial charge in [-0.3, -0.25) is 0 Å². The van der Waals surface area contributed by atoms with Gasteiger partial charge in [-0.2, -0.15) is 0 Å². The maximum Gasteiger partial charge on any atom is 0.574 e. The molecule has 16 heavy (non-hydrogen) atoms. The molecule has 90 valence electrons. The third kappa shape index (κ3) is 2.67. The molecule has 0 amide bonds. The Kier molecular flexibility index (Phi) is 3.15. The fraction of sp³-hybridized carbons (Fsp3) is 0.286. The molecule has 0 saturated heterocycles. The first kappa shape index (κ1) is 12.4. The zero-order chi connectivity index (χ0) is 12.5. The van der Waals surface area contributed by atoms with Gasteiger partial charge < -0.3 is 10.5 Å². The van der Waals surface area contributed by atoms with Crippen LogP contribution in [0.4, 0.5) is 32.0 Å². The molecule has 9 heteroatoms. The van der Waals surface area contributed by atoms with Crippen LogP contribution < -0.4 is 10.5 Å². The molecular weight excluding hydrogens is 242 g/mol. The Morgan fingerprint density at radius 1 is 1.31 bits per heavy atom. The van der Waals surface area contributed by atoms with Crippen LogP contribution in [0.15, 0.2) is 6.20 Å². The molecule has 1 heterocycles. The number of nitrogens with two attached hydrogens (primary N) is 1. The van der Waals surface area contributed by atoms with Gasteiger partial charge in [0, 0.05) is 0 Å². The second-order valence-electron chi connectivity index (χ2n) is 2.59. The molecule has 0 aliphatic rings. The van der Waals surface area contributed by atoms with Crippen molar-refractivity contribution in [2.75, 3.05) is 5.73 Å². The average molecular weight is 246 g/mol. The molecule has 0 aliphatic carbocycles. The van der Waals surface area contributed by atoms with Crippen LogP contribution in [-0.2, 0) is 0 Å². The summed E-state index contributed by atoms with van der Waals surface area (Å²) < 4.78 is 75.8. The number of nitrogen functional groups attached to an aromatic ring is 1. The van der Waals surface area contributed by atoms with Gasteiger partial charge in [-0.1, -0.05) is 0 Å². The number of halogens is 6. The minimum atomic E-state index is -5.21. The fourth-order valence-electron chi connectivity index (χ4n) is 0.900. The van der Waals surface area contributed by atoms with Gasteiger partial charge in [-0.15, -0.1) is 13.2 Å². The van der Waals surface area contributed by atoms with Crippen molar-refractivity contribution in [1.82, 2.24) is 4.98 Å². The van der Waals surface area contributed by atoms with E-state index in [2.05, 4.69) is 9.72 Å². The van der Waals surface area contributed by atoms with E-state index in [1.54, 1.807) is 0 Å². The highest BCUT2D eigenvalue weighted by molar-refractivity contribution is 5.52. The summed E-state index contributed by atoms with van der Waals surface area (Å²) in [6.07, 6.45) is -8.37. The summed E-state index contributed by atoms with van der Waals surface area (Å²) in [7, 11) is 0. The first-order valence-corrected chi connectivity index (χ1v) is 3.70. The van der Waals surface area contributed by atoms with Gasteiger partial charge >= 0.3 is 6.36 Å². The molecule has 2 N–H and O–H groups in total. The number of rotatable bonds is 2. The smallest absolute Gasteiger partial charge is 0.396 e. The fourth-order valence-corrected chi connectivity index (χ4v) is 0.900. The first-order chi connectivity index (χ1) is 7.22. The first-order valence-electron chi connectivity index (χ1n) is 3.70. The zero-order valence-electron chi connectivity index (χ0n) is 7.36. The summed E-state index contributed by atoms with van der Waals surface area (Å²) >= 11 is 0. The number of hydrogen-bond donors (Lipinski definition) is 1. The Balaban J connectivity index is 3.24. The molecule has 0 radical (unpaired) electrons. The quantitative estimate of drug-likeness (QED) is 0.816. The number of alkyl halides is 5. The van der Waals surface area contributed by atoms with Crippen LogP contribution in [0.1, 0.15) is 12.0 Å². The van der Waals surface area contributed by atoms with Crippen LogP contribution in [0.2, 0.25) is 0 Å². The Hall–Kier alpha value is -1.67. The number of hydrogen-bond acceptors (Lipinski definition) is 3. The lowest BCUT2D eigenvalue weighted by atomic mass is 10.2. The summed E-state index contributed by atoms with van der Waals surface area (Å²) in [5, 5.41) is 0. The number of aromatic nitrogens is 1. The Bertz CT molecular complexity index is 391. The van der Waals surface area contributed by atoms with Crippen molar-refractivity contribution in [1.29, 1.82) is 0 Å². The monoisotopic (exact) mass is 246 g/mol. The predicted molar refractivity (Wildman–Crippen MR) is 40.2 cm³/mol. The van der Waals surface area contributed by atoms with E-state index in [4.69, 9.17) is 5.73 Å². The van der Waals surface area contributed by atoms with Crippen LogP contribution in [0.3, 0.4) is 0 Å². The molecule has 1 aromatic rings. The molecule has 1 rings (SSSR count). The van der Waals surface area contributed by atoms with Crippen LogP contribution in [-0.4, -0.2) is 11.3 Å². The molecule has 3 nitrogen and oxygen atoms in total. The molecule has 0 saturated carbocycles. The van der Waals surface area contributed by atoms with Crippen LogP contribution in [0, 0.1) is 5.82 Å². The van der Waals surface area contributed by atoms with Crippen molar-refractivity contribution in [3.05, 3.63) is 17.6 Å². The summed E-state index contributed by atoms with van der Waals surface area (Å²) in [4.78, 5) is 2.77. The van der Waals surface area contributed by atoms with Crippen molar-refractivity contribution in [2.24, 2.45) is 0 Å². The van der Waals surface area contributed by atoms with Crippen molar-refractivity contribution in [3.63, 3.8) is 0 Å². The van der Waals surface area contributed by atoms with Crippen LogP contribution >= 0.6 is 0 Å². The van der Waals surface area contributed by atoms with Crippen molar-refractivity contribution in [2.45, 2.75) is 12.8 Å². The van der Waals surface area contributed by atoms with Crippen molar-refractivity contribution < 1.29 is 31.1 Å². The summed E-state index contributed by atoms with van der Waals surface area (Å²) in [5.41, 5.74) is 2.32. The topological polar surface area (TPSA) is 48.1 Å². The van der Waals surface area contributed by atoms with Gasteiger partial charge in [-0.25, -0.2) is 18.2 Å². The lowest BCUT2D eigenvalue weighted by Gasteiger charge is -2.13. The number of pyridine rings is 1. The molecule has 0 aliphatic heterocycles. The zero-order valence-corrected chi connectivity index (χ0v) is 7.36. The standard InChI is InChI=1S/C7H4F6N2O/c8-2-1-15-6(16-7(11,12)13)3(4(2)14)5(9)10/h1,5H,(H2,14,15). The third-order valence-corrected chi connectivity index (χ3v) is 1.50. The predicted octanol–water partition coefficient (Wildman–Crippen LogP) is 2.64. The average Bonchev–Trinajstić information content (AvgIpc) is 2.08. The third-order valence-electron chi connectivity index (χ3n) is 1.50. The molecule has 1 aromatic heterocycles. The highest BCUT2D eigenvalue weighted by atomic mass is 19.4. The number of anilines is 1. The lowest BCUT2D eigenvalue weighted by molar-refractivity contribution is -0.276. The molecule has 0 spiro atoms. The van der Waals surface area contributed by atoms with Crippen molar-refractivity contribution in [3.8, 4) is 5.88 Å². The van der Waals surface area contributed by atoms with E-state index in [0.29, 0.717) is 0 Å². The minimum absolute atomic E-state index is 0.266. The van der Waals surface area contributed by atoms with Gasteiger partial charge in [0.1, 0.15) is 5.56 Å². The van der Waals surface area contributed by atoms with Gasteiger partial charge in [-0.05, 0) is 0 Å². The normalized spacial score (nSPS) is 11.9. The SMILES string of the molecule is Nc1c(F)cnc(OC(F)(F)F)c1C(F)F. The van der Waals surface area contributed by atoms with E-state index in [1.165, 1.54) is 0 Å². The molecule has 0 fully saturated rings. The second-order valence-corrected chi connectivity index (χ2v) is 2.59. The van der Waals surface area contributed by atoms with E-state index in [1.807, 2.05) is 0 Å². The van der Waals surface area contributed by atoms with Gasteiger partial charge in [0.05, 0.1) is 11.9 Å². The molecule has 0 unspecified atom stereocenters. The lowest BCUT2D eigenvalue weighted by Crippen LogP contribution is -2.20. The summed E-state index contributed by atoms with van der Waals surface area (Å²) in [6, 6.07) is 0. The van der Waals surface area contributed by atoms with Gasteiger partial charge in [0.15, 0.2) is 5.82 Å². The molecule has 0 atom stereocenters. The highest BCUT2D eigenvalue weighted by Crippen LogP contribution is 2.36. The second kappa shape index (κ2) is 4.06. The van der Waals surface area contributed by atoms with E-state index < -0.39 is 35.7 Å². The highest BCUT2D eigenvalue weighted by Gasteiger charge is 2.35.